The van der Waals surface area contributed by atoms with E-state index in [1.807, 2.05) is 37.3 Å². The normalized spacial score (nSPS) is 14.0. The van der Waals surface area contributed by atoms with Crippen LogP contribution in [0.2, 0.25) is 0 Å². The van der Waals surface area contributed by atoms with Crippen molar-refractivity contribution in [1.29, 1.82) is 0 Å². The van der Waals surface area contributed by atoms with Crippen molar-refractivity contribution in [3.8, 4) is 17.2 Å². The van der Waals surface area contributed by atoms with E-state index >= 15 is 0 Å². The van der Waals surface area contributed by atoms with E-state index in [0.717, 1.165) is 5.56 Å². The number of nitrogens with zero attached hydrogens (tertiary/aromatic N) is 1. The standard InChI is InChI=1S/C19H21NO4/c1-13(14-7-5-4-6-8-14)20(2)19(21)15-11-16(22-3)18-17(12-15)23-9-10-24-18/h4-8,11-13H,9-10H2,1-3H3/t13-/m1/s1. The van der Waals surface area contributed by atoms with E-state index in [-0.39, 0.29) is 11.9 Å². The molecular formula is C19H21NO4. The van der Waals surface area contributed by atoms with Crippen LogP contribution in [0.4, 0.5) is 0 Å². The highest BCUT2D eigenvalue weighted by Crippen LogP contribution is 2.40. The molecule has 1 aliphatic heterocycles. The molecule has 0 unspecified atom stereocenters. The van der Waals surface area contributed by atoms with Crippen LogP contribution in [-0.2, 0) is 0 Å². The van der Waals surface area contributed by atoms with Crippen molar-refractivity contribution in [1.82, 2.24) is 4.90 Å². The summed E-state index contributed by atoms with van der Waals surface area (Å²) in [7, 11) is 3.35. The molecule has 2 aromatic rings. The van der Waals surface area contributed by atoms with Crippen molar-refractivity contribution in [2.24, 2.45) is 0 Å². The predicted octanol–water partition coefficient (Wildman–Crippen LogP) is 3.30. The Hall–Kier alpha value is -2.69. The van der Waals surface area contributed by atoms with Crippen molar-refractivity contribution in [3.05, 3.63) is 53.6 Å². The number of amides is 1. The number of rotatable bonds is 4. The van der Waals surface area contributed by atoms with E-state index in [1.165, 1.54) is 0 Å². The van der Waals surface area contributed by atoms with Gasteiger partial charge in [-0.05, 0) is 24.6 Å². The number of hydrogen-bond donors (Lipinski definition) is 0. The molecule has 0 aliphatic carbocycles. The van der Waals surface area contributed by atoms with Gasteiger partial charge in [-0.3, -0.25) is 4.79 Å². The third-order valence-corrected chi connectivity index (χ3v) is 4.26. The van der Waals surface area contributed by atoms with Gasteiger partial charge < -0.3 is 19.1 Å². The Morgan fingerprint density at radius 3 is 2.58 bits per heavy atom. The minimum atomic E-state index is -0.0957. The van der Waals surface area contributed by atoms with Crippen LogP contribution in [0.1, 0.15) is 28.9 Å². The number of carbonyl (C=O) groups excluding carboxylic acids is 1. The molecule has 1 heterocycles. The Morgan fingerprint density at radius 1 is 1.17 bits per heavy atom. The quantitative estimate of drug-likeness (QED) is 0.864. The molecule has 0 saturated heterocycles. The first-order valence-corrected chi connectivity index (χ1v) is 7.91. The molecule has 24 heavy (non-hydrogen) atoms. The van der Waals surface area contributed by atoms with E-state index in [2.05, 4.69) is 0 Å². The van der Waals surface area contributed by atoms with Crippen LogP contribution in [-0.4, -0.2) is 38.2 Å². The van der Waals surface area contributed by atoms with Crippen LogP contribution in [0, 0.1) is 0 Å². The molecule has 0 fully saturated rings. The summed E-state index contributed by atoms with van der Waals surface area (Å²) in [5.74, 6) is 1.52. The largest absolute Gasteiger partial charge is 0.493 e. The lowest BCUT2D eigenvalue weighted by atomic mass is 10.1. The Labute approximate surface area is 141 Å². The van der Waals surface area contributed by atoms with Gasteiger partial charge in [0.15, 0.2) is 11.5 Å². The molecular weight excluding hydrogens is 306 g/mol. The molecule has 126 valence electrons. The molecule has 5 heteroatoms. The summed E-state index contributed by atoms with van der Waals surface area (Å²) in [6.07, 6.45) is 0. The molecule has 2 aromatic carbocycles. The van der Waals surface area contributed by atoms with Crippen LogP contribution in [0.15, 0.2) is 42.5 Å². The van der Waals surface area contributed by atoms with Gasteiger partial charge in [0.2, 0.25) is 5.75 Å². The van der Waals surface area contributed by atoms with Crippen molar-refractivity contribution < 1.29 is 19.0 Å². The smallest absolute Gasteiger partial charge is 0.254 e. The summed E-state index contributed by atoms with van der Waals surface area (Å²) in [6, 6.07) is 13.3. The summed E-state index contributed by atoms with van der Waals surface area (Å²) in [5.41, 5.74) is 1.60. The maximum Gasteiger partial charge on any atom is 0.254 e. The van der Waals surface area contributed by atoms with Gasteiger partial charge >= 0.3 is 0 Å². The second-order valence-electron chi connectivity index (χ2n) is 5.71. The van der Waals surface area contributed by atoms with Crippen molar-refractivity contribution in [2.75, 3.05) is 27.4 Å². The predicted molar refractivity (Wildman–Crippen MR) is 90.9 cm³/mol. The van der Waals surface area contributed by atoms with E-state index in [0.29, 0.717) is 36.0 Å². The fourth-order valence-electron chi connectivity index (χ4n) is 2.73. The molecule has 0 N–H and O–H groups in total. The maximum absolute atomic E-state index is 12.9. The highest BCUT2D eigenvalue weighted by atomic mass is 16.6. The number of hydrogen-bond acceptors (Lipinski definition) is 4. The zero-order valence-electron chi connectivity index (χ0n) is 14.1. The van der Waals surface area contributed by atoms with Crippen LogP contribution < -0.4 is 14.2 Å². The lowest BCUT2D eigenvalue weighted by molar-refractivity contribution is 0.0741. The number of benzene rings is 2. The van der Waals surface area contributed by atoms with Gasteiger partial charge in [-0.1, -0.05) is 30.3 Å². The number of fused-ring (bicyclic) bond motifs is 1. The van der Waals surface area contributed by atoms with Crippen molar-refractivity contribution >= 4 is 5.91 Å². The molecule has 3 rings (SSSR count). The zero-order chi connectivity index (χ0) is 17.1. The van der Waals surface area contributed by atoms with Crippen LogP contribution in [0.5, 0.6) is 17.2 Å². The van der Waals surface area contributed by atoms with Gasteiger partial charge in [-0.25, -0.2) is 0 Å². The molecule has 1 amide bonds. The van der Waals surface area contributed by atoms with Gasteiger partial charge in [-0.15, -0.1) is 0 Å². The molecule has 0 spiro atoms. The minimum Gasteiger partial charge on any atom is -0.493 e. The Bertz CT molecular complexity index is 712. The molecule has 1 atom stereocenters. The number of carbonyl (C=O) groups is 1. The Balaban J connectivity index is 1.89. The Kier molecular flexibility index (Phi) is 4.60. The lowest BCUT2D eigenvalue weighted by Gasteiger charge is -2.27. The van der Waals surface area contributed by atoms with Gasteiger partial charge in [0.25, 0.3) is 5.91 Å². The third-order valence-electron chi connectivity index (χ3n) is 4.26. The van der Waals surface area contributed by atoms with E-state index in [4.69, 9.17) is 14.2 Å². The molecule has 0 radical (unpaired) electrons. The first-order chi connectivity index (χ1) is 11.6. The van der Waals surface area contributed by atoms with E-state index in [9.17, 15) is 4.79 Å². The Morgan fingerprint density at radius 2 is 1.88 bits per heavy atom. The van der Waals surface area contributed by atoms with Crippen molar-refractivity contribution in [3.63, 3.8) is 0 Å². The van der Waals surface area contributed by atoms with Gasteiger partial charge in [-0.2, -0.15) is 0 Å². The summed E-state index contributed by atoms with van der Waals surface area (Å²) < 4.78 is 16.5. The highest BCUT2D eigenvalue weighted by Gasteiger charge is 2.24. The van der Waals surface area contributed by atoms with Gasteiger partial charge in [0, 0.05) is 12.6 Å². The average molecular weight is 327 g/mol. The van der Waals surface area contributed by atoms with E-state index in [1.54, 1.807) is 31.2 Å². The molecule has 0 saturated carbocycles. The van der Waals surface area contributed by atoms with Crippen LogP contribution in [0.3, 0.4) is 0 Å². The molecule has 1 aliphatic rings. The first-order valence-electron chi connectivity index (χ1n) is 7.91. The topological polar surface area (TPSA) is 48.0 Å². The fraction of sp³-hybridized carbons (Fsp3) is 0.316. The summed E-state index contributed by atoms with van der Waals surface area (Å²) in [6.45, 7) is 2.94. The summed E-state index contributed by atoms with van der Waals surface area (Å²) in [4.78, 5) is 14.6. The SMILES string of the molecule is COc1cc(C(=O)N(C)[C@H](C)c2ccccc2)cc2c1OCCO2. The van der Waals surface area contributed by atoms with Crippen LogP contribution >= 0.6 is 0 Å². The second-order valence-corrected chi connectivity index (χ2v) is 5.71. The number of methoxy groups -OCH3 is 1. The zero-order valence-corrected chi connectivity index (χ0v) is 14.1. The maximum atomic E-state index is 12.9. The van der Waals surface area contributed by atoms with Gasteiger partial charge in [0.1, 0.15) is 13.2 Å². The lowest BCUT2D eigenvalue weighted by Crippen LogP contribution is -2.30. The summed E-state index contributed by atoms with van der Waals surface area (Å²) in [5, 5.41) is 0. The molecule has 5 nitrogen and oxygen atoms in total. The molecule has 0 aromatic heterocycles. The third kappa shape index (κ3) is 3.02. The van der Waals surface area contributed by atoms with Crippen molar-refractivity contribution in [2.45, 2.75) is 13.0 Å². The minimum absolute atomic E-state index is 0.0436. The summed E-state index contributed by atoms with van der Waals surface area (Å²) >= 11 is 0. The fourth-order valence-corrected chi connectivity index (χ4v) is 2.73. The van der Waals surface area contributed by atoms with Gasteiger partial charge in [0.05, 0.1) is 13.2 Å². The average Bonchev–Trinajstić information content (AvgIpc) is 2.65. The van der Waals surface area contributed by atoms with Crippen LogP contribution in [0.25, 0.3) is 0 Å². The second kappa shape index (κ2) is 6.83. The number of ether oxygens (including phenoxy) is 3. The first kappa shape index (κ1) is 16.2. The molecule has 0 bridgehead atoms. The monoisotopic (exact) mass is 327 g/mol. The highest BCUT2D eigenvalue weighted by molar-refractivity contribution is 5.95. The van der Waals surface area contributed by atoms with E-state index < -0.39 is 0 Å².